The summed E-state index contributed by atoms with van der Waals surface area (Å²) in [5.41, 5.74) is 2.88. The van der Waals surface area contributed by atoms with Gasteiger partial charge in [0.1, 0.15) is 11.8 Å². The van der Waals surface area contributed by atoms with Gasteiger partial charge in [0.25, 0.3) is 5.91 Å². The van der Waals surface area contributed by atoms with Crippen LogP contribution >= 0.6 is 23.2 Å². The zero-order chi connectivity index (χ0) is 23.1. The molecule has 0 fully saturated rings. The number of nitrogens with zero attached hydrogens (tertiary/aromatic N) is 1. The molecule has 0 radical (unpaired) electrons. The molecule has 2 atom stereocenters. The zero-order valence-corrected chi connectivity index (χ0v) is 20.2. The first-order valence-electron chi connectivity index (χ1n) is 10.4. The monoisotopic (exact) mass is 464 g/mol. The number of hydrogen-bond acceptors (Lipinski definition) is 3. The highest BCUT2D eigenvalue weighted by Gasteiger charge is 2.27. The summed E-state index contributed by atoms with van der Waals surface area (Å²) >= 11 is 12.2. The maximum Gasteiger partial charge on any atom is 0.261 e. The van der Waals surface area contributed by atoms with Crippen LogP contribution in [0.3, 0.4) is 0 Å². The number of aryl methyl sites for hydroxylation is 2. The standard InChI is InChI=1S/C24H30Cl2N2O3/c1-6-17(4)27-24(30)18(5)28(13-19-7-8-21(25)22(26)12-19)23(29)14-31-20-10-15(2)9-16(3)11-20/h7-12,17-18H,6,13-14H2,1-5H3,(H,27,30)/t17-,18+/m1/s1. The summed E-state index contributed by atoms with van der Waals surface area (Å²) in [5.74, 6) is 0.114. The molecule has 2 aromatic rings. The van der Waals surface area contributed by atoms with Crippen molar-refractivity contribution < 1.29 is 14.3 Å². The van der Waals surface area contributed by atoms with Gasteiger partial charge in [-0.1, -0.05) is 42.3 Å². The van der Waals surface area contributed by atoms with Crippen LogP contribution in [0, 0.1) is 13.8 Å². The van der Waals surface area contributed by atoms with E-state index in [1.807, 2.05) is 45.9 Å². The molecule has 0 spiro atoms. The minimum Gasteiger partial charge on any atom is -0.484 e. The molecule has 168 valence electrons. The molecule has 0 saturated heterocycles. The lowest BCUT2D eigenvalue weighted by atomic mass is 10.1. The molecule has 31 heavy (non-hydrogen) atoms. The topological polar surface area (TPSA) is 58.6 Å². The normalized spacial score (nSPS) is 12.7. The largest absolute Gasteiger partial charge is 0.484 e. The number of benzene rings is 2. The van der Waals surface area contributed by atoms with Crippen LogP contribution in [-0.4, -0.2) is 35.4 Å². The Morgan fingerprint density at radius 1 is 1.03 bits per heavy atom. The van der Waals surface area contributed by atoms with Gasteiger partial charge in [-0.15, -0.1) is 0 Å². The van der Waals surface area contributed by atoms with Gasteiger partial charge in [0, 0.05) is 12.6 Å². The molecule has 0 aromatic heterocycles. The fourth-order valence-corrected chi connectivity index (χ4v) is 3.45. The van der Waals surface area contributed by atoms with E-state index in [-0.39, 0.29) is 31.0 Å². The van der Waals surface area contributed by atoms with Gasteiger partial charge in [-0.2, -0.15) is 0 Å². The van der Waals surface area contributed by atoms with E-state index in [1.54, 1.807) is 25.1 Å². The van der Waals surface area contributed by atoms with E-state index in [0.29, 0.717) is 15.8 Å². The predicted octanol–water partition coefficient (Wildman–Crippen LogP) is 5.32. The molecule has 7 heteroatoms. The van der Waals surface area contributed by atoms with Gasteiger partial charge in [-0.25, -0.2) is 0 Å². The number of amides is 2. The van der Waals surface area contributed by atoms with E-state index in [1.165, 1.54) is 4.90 Å². The number of rotatable bonds is 9. The summed E-state index contributed by atoms with van der Waals surface area (Å²) < 4.78 is 5.75. The van der Waals surface area contributed by atoms with Crippen molar-refractivity contribution in [2.45, 2.75) is 59.7 Å². The second-order valence-corrected chi connectivity index (χ2v) is 8.69. The number of carbonyl (C=O) groups excluding carboxylic acids is 2. The highest BCUT2D eigenvalue weighted by Crippen LogP contribution is 2.24. The van der Waals surface area contributed by atoms with Gasteiger partial charge < -0.3 is 15.0 Å². The van der Waals surface area contributed by atoms with Gasteiger partial charge in [0.2, 0.25) is 5.91 Å². The third-order valence-electron chi connectivity index (χ3n) is 5.06. The quantitative estimate of drug-likeness (QED) is 0.545. The molecule has 0 unspecified atom stereocenters. The Hall–Kier alpha value is -2.24. The summed E-state index contributed by atoms with van der Waals surface area (Å²) in [5, 5.41) is 3.77. The molecule has 2 rings (SSSR count). The Morgan fingerprint density at radius 3 is 2.26 bits per heavy atom. The Bertz CT molecular complexity index is 913. The summed E-state index contributed by atoms with van der Waals surface area (Å²) in [4.78, 5) is 27.3. The lowest BCUT2D eigenvalue weighted by Crippen LogP contribution is -2.50. The summed E-state index contributed by atoms with van der Waals surface area (Å²) in [6.45, 7) is 9.61. The fraction of sp³-hybridized carbons (Fsp3) is 0.417. The first-order valence-corrected chi connectivity index (χ1v) is 11.1. The Labute approximate surface area is 194 Å². The molecule has 0 saturated carbocycles. The molecule has 0 aliphatic carbocycles. The van der Waals surface area contributed by atoms with E-state index in [9.17, 15) is 9.59 Å². The third kappa shape index (κ3) is 7.44. The van der Waals surface area contributed by atoms with Crippen molar-refractivity contribution >= 4 is 35.0 Å². The summed E-state index contributed by atoms with van der Waals surface area (Å²) in [6.07, 6.45) is 0.801. The summed E-state index contributed by atoms with van der Waals surface area (Å²) in [7, 11) is 0. The molecule has 0 bridgehead atoms. The van der Waals surface area contributed by atoms with Crippen molar-refractivity contribution in [2.75, 3.05) is 6.61 Å². The van der Waals surface area contributed by atoms with Crippen LogP contribution in [0.25, 0.3) is 0 Å². The third-order valence-corrected chi connectivity index (χ3v) is 5.80. The van der Waals surface area contributed by atoms with Crippen LogP contribution in [0.15, 0.2) is 36.4 Å². The molecular formula is C24H30Cl2N2O3. The first-order chi connectivity index (χ1) is 14.6. The molecule has 2 aromatic carbocycles. The van der Waals surface area contributed by atoms with Crippen LogP contribution in [-0.2, 0) is 16.1 Å². The Kier molecular flexibility index (Phi) is 9.20. The molecule has 5 nitrogen and oxygen atoms in total. The minimum atomic E-state index is -0.682. The van der Waals surface area contributed by atoms with Crippen molar-refractivity contribution in [1.82, 2.24) is 10.2 Å². The maximum atomic E-state index is 13.1. The first kappa shape index (κ1) is 25.0. The van der Waals surface area contributed by atoms with E-state index in [2.05, 4.69) is 5.32 Å². The van der Waals surface area contributed by atoms with Gasteiger partial charge >= 0.3 is 0 Å². The molecule has 1 N–H and O–H groups in total. The fourth-order valence-electron chi connectivity index (χ4n) is 3.13. The SMILES string of the molecule is CC[C@@H](C)NC(=O)[C@H](C)N(Cc1ccc(Cl)c(Cl)c1)C(=O)COc1cc(C)cc(C)c1. The van der Waals surface area contributed by atoms with Crippen molar-refractivity contribution in [3.8, 4) is 5.75 Å². The number of ether oxygens (including phenoxy) is 1. The molecule has 0 heterocycles. The molecule has 0 aliphatic rings. The maximum absolute atomic E-state index is 13.1. The van der Waals surface area contributed by atoms with Crippen molar-refractivity contribution in [2.24, 2.45) is 0 Å². The molecule has 0 aliphatic heterocycles. The second-order valence-electron chi connectivity index (χ2n) is 7.88. The summed E-state index contributed by atoms with van der Waals surface area (Å²) in [6, 6.07) is 10.3. The average molecular weight is 465 g/mol. The van der Waals surface area contributed by atoms with Crippen molar-refractivity contribution in [3.63, 3.8) is 0 Å². The van der Waals surface area contributed by atoms with Crippen LogP contribution in [0.2, 0.25) is 10.0 Å². The second kappa shape index (κ2) is 11.4. The van der Waals surface area contributed by atoms with Crippen molar-refractivity contribution in [1.29, 1.82) is 0 Å². The Morgan fingerprint density at radius 2 is 1.68 bits per heavy atom. The van der Waals surface area contributed by atoms with E-state index >= 15 is 0 Å². The van der Waals surface area contributed by atoms with E-state index in [0.717, 1.165) is 23.1 Å². The smallest absolute Gasteiger partial charge is 0.261 e. The van der Waals surface area contributed by atoms with Crippen LogP contribution < -0.4 is 10.1 Å². The van der Waals surface area contributed by atoms with Gasteiger partial charge in [0.15, 0.2) is 6.61 Å². The molecular weight excluding hydrogens is 435 g/mol. The van der Waals surface area contributed by atoms with Gasteiger partial charge in [0.05, 0.1) is 10.0 Å². The zero-order valence-electron chi connectivity index (χ0n) is 18.7. The Balaban J connectivity index is 2.20. The lowest BCUT2D eigenvalue weighted by molar-refractivity contribution is -0.142. The number of nitrogens with one attached hydrogen (secondary N) is 1. The van der Waals surface area contributed by atoms with Gasteiger partial charge in [-0.3, -0.25) is 9.59 Å². The lowest BCUT2D eigenvalue weighted by Gasteiger charge is -2.29. The van der Waals surface area contributed by atoms with E-state index < -0.39 is 6.04 Å². The predicted molar refractivity (Wildman–Crippen MR) is 126 cm³/mol. The number of halogens is 2. The average Bonchev–Trinajstić information content (AvgIpc) is 2.71. The van der Waals surface area contributed by atoms with Crippen LogP contribution in [0.1, 0.15) is 43.9 Å². The van der Waals surface area contributed by atoms with Crippen LogP contribution in [0.4, 0.5) is 0 Å². The highest BCUT2D eigenvalue weighted by atomic mass is 35.5. The van der Waals surface area contributed by atoms with Crippen LogP contribution in [0.5, 0.6) is 5.75 Å². The number of carbonyl (C=O) groups is 2. The molecule has 2 amide bonds. The van der Waals surface area contributed by atoms with Gasteiger partial charge in [-0.05, 0) is 75.1 Å². The number of hydrogen-bond donors (Lipinski definition) is 1. The highest BCUT2D eigenvalue weighted by molar-refractivity contribution is 6.42. The minimum absolute atomic E-state index is 0.0170. The van der Waals surface area contributed by atoms with E-state index in [4.69, 9.17) is 27.9 Å². The van der Waals surface area contributed by atoms with Crippen molar-refractivity contribution in [3.05, 3.63) is 63.1 Å².